The minimum Gasteiger partial charge on any atom is -0.465 e. The van der Waals surface area contributed by atoms with Gasteiger partial charge in [-0.3, -0.25) is 24.5 Å². The van der Waals surface area contributed by atoms with Crippen molar-refractivity contribution in [3.05, 3.63) is 55.9 Å². The van der Waals surface area contributed by atoms with Crippen LogP contribution in [0.15, 0.2) is 24.3 Å². The molecule has 12 heteroatoms. The van der Waals surface area contributed by atoms with Gasteiger partial charge < -0.3 is 20.1 Å². The maximum absolute atomic E-state index is 12.1. The predicted molar refractivity (Wildman–Crippen MR) is 110 cm³/mol. The highest BCUT2D eigenvalue weighted by Gasteiger charge is 2.22. The second kappa shape index (κ2) is 10.3. The zero-order valence-corrected chi connectivity index (χ0v) is 17.7. The van der Waals surface area contributed by atoms with E-state index in [0.717, 1.165) is 10.9 Å². The third-order valence-corrected chi connectivity index (χ3v) is 5.23. The van der Waals surface area contributed by atoms with Crippen molar-refractivity contribution in [1.29, 1.82) is 0 Å². The summed E-state index contributed by atoms with van der Waals surface area (Å²) in [5, 5.41) is 15.8. The number of benzene rings is 1. The standard InChI is InChI=1S/C19H19N3O8S/c1-10-11(2)31-18(16(10)19(26)29-3)21-14(23)9-30-15(24)8-20-17(25)12-5-4-6-13(7-12)22(27)28/h4-7H,8-9H2,1-3H3,(H,20,25)(H,21,23). The fourth-order valence-corrected chi connectivity index (χ4v) is 3.50. The third kappa shape index (κ3) is 6.09. The summed E-state index contributed by atoms with van der Waals surface area (Å²) in [7, 11) is 1.23. The molecule has 0 spiro atoms. The lowest BCUT2D eigenvalue weighted by atomic mass is 10.1. The van der Waals surface area contributed by atoms with E-state index in [-0.39, 0.29) is 21.8 Å². The molecule has 164 valence electrons. The monoisotopic (exact) mass is 449 g/mol. The van der Waals surface area contributed by atoms with Gasteiger partial charge in [0, 0.05) is 22.6 Å². The van der Waals surface area contributed by atoms with Crippen molar-refractivity contribution in [3.63, 3.8) is 0 Å². The van der Waals surface area contributed by atoms with Crippen LogP contribution in [0.3, 0.4) is 0 Å². The van der Waals surface area contributed by atoms with Crippen molar-refractivity contribution in [2.45, 2.75) is 13.8 Å². The molecule has 31 heavy (non-hydrogen) atoms. The number of hydrogen-bond acceptors (Lipinski definition) is 9. The summed E-state index contributed by atoms with van der Waals surface area (Å²) in [5.41, 5.74) is 0.637. The summed E-state index contributed by atoms with van der Waals surface area (Å²) < 4.78 is 9.52. The number of rotatable bonds is 8. The summed E-state index contributed by atoms with van der Waals surface area (Å²) in [6.07, 6.45) is 0. The molecular weight excluding hydrogens is 430 g/mol. The van der Waals surface area contributed by atoms with E-state index in [9.17, 15) is 29.3 Å². The molecule has 0 unspecified atom stereocenters. The Morgan fingerprint density at radius 2 is 1.90 bits per heavy atom. The molecule has 2 aromatic rings. The number of anilines is 1. The van der Waals surface area contributed by atoms with Gasteiger partial charge in [0.05, 0.1) is 17.6 Å². The SMILES string of the molecule is COC(=O)c1c(NC(=O)COC(=O)CNC(=O)c2cccc([N+](=O)[O-])c2)sc(C)c1C. The number of methoxy groups -OCH3 is 1. The molecule has 0 aliphatic heterocycles. The van der Waals surface area contributed by atoms with Crippen LogP contribution in [0.4, 0.5) is 10.7 Å². The molecule has 2 N–H and O–H groups in total. The fourth-order valence-electron chi connectivity index (χ4n) is 2.44. The van der Waals surface area contributed by atoms with Gasteiger partial charge in [0.15, 0.2) is 6.61 Å². The molecule has 0 radical (unpaired) electrons. The Labute approximate surface area is 180 Å². The molecule has 11 nitrogen and oxygen atoms in total. The number of carbonyl (C=O) groups excluding carboxylic acids is 4. The summed E-state index contributed by atoms with van der Waals surface area (Å²) >= 11 is 1.18. The molecule has 0 atom stereocenters. The number of aryl methyl sites for hydroxylation is 1. The summed E-state index contributed by atoms with van der Waals surface area (Å²) in [6, 6.07) is 4.99. The average Bonchev–Trinajstić information content (AvgIpc) is 3.02. The van der Waals surface area contributed by atoms with Crippen molar-refractivity contribution in [3.8, 4) is 0 Å². The predicted octanol–water partition coefficient (Wildman–Crippen LogP) is 1.97. The number of nitro groups is 1. The molecule has 0 saturated heterocycles. The maximum atomic E-state index is 12.1. The molecule has 0 aliphatic rings. The third-order valence-electron chi connectivity index (χ3n) is 4.10. The van der Waals surface area contributed by atoms with Crippen LogP contribution in [0.1, 0.15) is 31.2 Å². The van der Waals surface area contributed by atoms with E-state index in [1.165, 1.54) is 36.6 Å². The minimum absolute atomic E-state index is 0.00137. The van der Waals surface area contributed by atoms with Crippen molar-refractivity contribution >= 4 is 45.8 Å². The quantitative estimate of drug-likeness (QED) is 0.352. The van der Waals surface area contributed by atoms with E-state index in [0.29, 0.717) is 5.56 Å². The Balaban J connectivity index is 1.87. The molecule has 0 fully saturated rings. The molecule has 1 heterocycles. The second-order valence-electron chi connectivity index (χ2n) is 6.18. The number of nitrogens with one attached hydrogen (secondary N) is 2. The second-order valence-corrected chi connectivity index (χ2v) is 7.40. The lowest BCUT2D eigenvalue weighted by Gasteiger charge is -2.08. The Morgan fingerprint density at radius 1 is 1.19 bits per heavy atom. The fraction of sp³-hybridized carbons (Fsp3) is 0.263. The number of thiophene rings is 1. The van der Waals surface area contributed by atoms with E-state index in [4.69, 9.17) is 9.47 Å². The van der Waals surface area contributed by atoms with E-state index in [1.807, 2.05) is 0 Å². The topological polar surface area (TPSA) is 154 Å². The van der Waals surface area contributed by atoms with Gasteiger partial charge in [-0.1, -0.05) is 6.07 Å². The van der Waals surface area contributed by atoms with Gasteiger partial charge >= 0.3 is 11.9 Å². The molecule has 0 saturated carbocycles. The first kappa shape index (κ1) is 23.5. The maximum Gasteiger partial charge on any atom is 0.341 e. The van der Waals surface area contributed by atoms with Gasteiger partial charge in [-0.05, 0) is 25.5 Å². The average molecular weight is 449 g/mol. The molecular formula is C19H19N3O8S. The number of nitrogens with zero attached hydrogens (tertiary/aromatic N) is 1. The molecule has 0 aliphatic carbocycles. The molecule has 1 aromatic heterocycles. The minimum atomic E-state index is -0.888. The number of ether oxygens (including phenoxy) is 2. The van der Waals surface area contributed by atoms with Gasteiger partial charge in [0.1, 0.15) is 11.5 Å². The highest BCUT2D eigenvalue weighted by molar-refractivity contribution is 7.16. The highest BCUT2D eigenvalue weighted by Crippen LogP contribution is 2.32. The zero-order valence-electron chi connectivity index (χ0n) is 16.8. The zero-order chi connectivity index (χ0) is 23.1. The number of non-ortho nitro benzene ring substituents is 1. The highest BCUT2D eigenvalue weighted by atomic mass is 32.1. The Bertz CT molecular complexity index is 1050. The normalized spacial score (nSPS) is 10.2. The van der Waals surface area contributed by atoms with Gasteiger partial charge in [-0.25, -0.2) is 4.79 Å². The van der Waals surface area contributed by atoms with Crippen LogP contribution in [0.2, 0.25) is 0 Å². The van der Waals surface area contributed by atoms with Crippen LogP contribution in [0, 0.1) is 24.0 Å². The molecule has 2 rings (SSSR count). The molecule has 2 amide bonds. The van der Waals surface area contributed by atoms with Crippen LogP contribution in [0.5, 0.6) is 0 Å². The number of amides is 2. The first-order valence-electron chi connectivity index (χ1n) is 8.80. The largest absolute Gasteiger partial charge is 0.465 e. The molecule has 1 aromatic carbocycles. The number of hydrogen-bond donors (Lipinski definition) is 2. The molecule has 0 bridgehead atoms. The number of esters is 2. The summed E-state index contributed by atoms with van der Waals surface area (Å²) in [4.78, 5) is 58.7. The Morgan fingerprint density at radius 3 is 2.55 bits per heavy atom. The van der Waals surface area contributed by atoms with E-state index in [2.05, 4.69) is 10.6 Å². The van der Waals surface area contributed by atoms with E-state index in [1.54, 1.807) is 13.8 Å². The van der Waals surface area contributed by atoms with Crippen LogP contribution < -0.4 is 10.6 Å². The number of carbonyl (C=O) groups is 4. The summed E-state index contributed by atoms with van der Waals surface area (Å²) in [6.45, 7) is 2.32. The van der Waals surface area contributed by atoms with Crippen molar-refractivity contribution in [2.75, 3.05) is 25.6 Å². The Kier molecular flexibility index (Phi) is 7.80. The number of nitro benzene ring substituents is 1. The van der Waals surface area contributed by atoms with Gasteiger partial charge in [-0.15, -0.1) is 11.3 Å². The van der Waals surface area contributed by atoms with Crippen LogP contribution in [0.25, 0.3) is 0 Å². The first-order valence-corrected chi connectivity index (χ1v) is 9.62. The first-order chi connectivity index (χ1) is 14.6. The Hall–Kier alpha value is -3.80. The van der Waals surface area contributed by atoms with Crippen molar-refractivity contribution in [1.82, 2.24) is 5.32 Å². The van der Waals surface area contributed by atoms with Crippen molar-refractivity contribution < 1.29 is 33.6 Å². The van der Waals surface area contributed by atoms with Crippen LogP contribution >= 0.6 is 11.3 Å². The lowest BCUT2D eigenvalue weighted by molar-refractivity contribution is -0.384. The van der Waals surface area contributed by atoms with Gasteiger partial charge in [-0.2, -0.15) is 0 Å². The van der Waals surface area contributed by atoms with E-state index < -0.39 is 41.8 Å². The van der Waals surface area contributed by atoms with Crippen molar-refractivity contribution in [2.24, 2.45) is 0 Å². The van der Waals surface area contributed by atoms with Gasteiger partial charge in [0.2, 0.25) is 0 Å². The van der Waals surface area contributed by atoms with Crippen LogP contribution in [-0.4, -0.2) is 48.9 Å². The smallest absolute Gasteiger partial charge is 0.341 e. The van der Waals surface area contributed by atoms with E-state index >= 15 is 0 Å². The summed E-state index contributed by atoms with van der Waals surface area (Å²) in [5.74, 6) is -2.87. The van der Waals surface area contributed by atoms with Crippen LogP contribution in [-0.2, 0) is 19.1 Å². The lowest BCUT2D eigenvalue weighted by Crippen LogP contribution is -2.32. The van der Waals surface area contributed by atoms with Gasteiger partial charge in [0.25, 0.3) is 17.5 Å².